The standard InChI is InChI=1S/C14H13Cl2NO2/c1-2-14(18)13-6-4-10(8-17-13)19-9-3-5-11(15)12(16)7-9/h3-8,14,18H,2H2,1H3/t14-/m1/s1. The number of hydrogen-bond acceptors (Lipinski definition) is 3. The van der Waals surface area contributed by atoms with Crippen molar-refractivity contribution >= 4 is 23.2 Å². The van der Waals surface area contributed by atoms with Crippen molar-refractivity contribution in [3.05, 3.63) is 52.3 Å². The van der Waals surface area contributed by atoms with Crippen molar-refractivity contribution in [2.24, 2.45) is 0 Å². The molecule has 0 fully saturated rings. The number of ether oxygens (including phenoxy) is 1. The molecule has 0 aliphatic heterocycles. The highest BCUT2D eigenvalue weighted by Gasteiger charge is 2.07. The van der Waals surface area contributed by atoms with E-state index in [-0.39, 0.29) is 0 Å². The molecular weight excluding hydrogens is 285 g/mol. The molecule has 1 N–H and O–H groups in total. The zero-order valence-electron chi connectivity index (χ0n) is 10.3. The van der Waals surface area contributed by atoms with Crippen LogP contribution in [0.5, 0.6) is 11.5 Å². The van der Waals surface area contributed by atoms with E-state index < -0.39 is 6.10 Å². The molecule has 1 atom stereocenters. The number of halogens is 2. The molecule has 2 aromatic rings. The smallest absolute Gasteiger partial charge is 0.145 e. The average molecular weight is 298 g/mol. The third kappa shape index (κ3) is 3.60. The summed E-state index contributed by atoms with van der Waals surface area (Å²) >= 11 is 11.7. The Morgan fingerprint density at radius 3 is 2.47 bits per heavy atom. The van der Waals surface area contributed by atoms with Gasteiger partial charge in [0.2, 0.25) is 0 Å². The van der Waals surface area contributed by atoms with Crippen molar-refractivity contribution in [1.82, 2.24) is 4.98 Å². The van der Waals surface area contributed by atoms with Crippen molar-refractivity contribution in [2.75, 3.05) is 0 Å². The Morgan fingerprint density at radius 2 is 1.89 bits per heavy atom. The van der Waals surface area contributed by atoms with E-state index in [0.717, 1.165) is 0 Å². The fraction of sp³-hybridized carbons (Fsp3) is 0.214. The predicted octanol–water partition coefficient (Wildman–Crippen LogP) is 4.62. The van der Waals surface area contributed by atoms with E-state index in [0.29, 0.717) is 33.7 Å². The first kappa shape index (κ1) is 14.1. The van der Waals surface area contributed by atoms with Gasteiger partial charge in [-0.3, -0.25) is 4.98 Å². The van der Waals surface area contributed by atoms with Crippen molar-refractivity contribution in [1.29, 1.82) is 0 Å². The molecule has 1 heterocycles. The Balaban J connectivity index is 2.12. The second-order valence-electron chi connectivity index (χ2n) is 4.02. The molecule has 100 valence electrons. The highest BCUT2D eigenvalue weighted by Crippen LogP contribution is 2.29. The molecule has 0 aliphatic carbocycles. The predicted molar refractivity (Wildman–Crippen MR) is 76.0 cm³/mol. The van der Waals surface area contributed by atoms with Crippen molar-refractivity contribution in [3.8, 4) is 11.5 Å². The molecule has 19 heavy (non-hydrogen) atoms. The Morgan fingerprint density at radius 1 is 1.16 bits per heavy atom. The van der Waals surface area contributed by atoms with Crippen LogP contribution in [-0.2, 0) is 0 Å². The van der Waals surface area contributed by atoms with Gasteiger partial charge in [-0.1, -0.05) is 30.1 Å². The Labute approximate surface area is 121 Å². The number of nitrogens with zero attached hydrogens (tertiary/aromatic N) is 1. The lowest BCUT2D eigenvalue weighted by Crippen LogP contribution is -1.98. The normalized spacial score (nSPS) is 12.2. The molecule has 0 radical (unpaired) electrons. The van der Waals surface area contributed by atoms with E-state index in [1.807, 2.05) is 6.92 Å². The molecule has 0 spiro atoms. The van der Waals surface area contributed by atoms with E-state index in [1.165, 1.54) is 0 Å². The second kappa shape index (κ2) is 6.24. The van der Waals surface area contributed by atoms with Crippen LogP contribution in [0.15, 0.2) is 36.5 Å². The zero-order chi connectivity index (χ0) is 13.8. The van der Waals surface area contributed by atoms with Gasteiger partial charge in [0.05, 0.1) is 28.0 Å². The minimum Gasteiger partial charge on any atom is -0.456 e. The number of hydrogen-bond donors (Lipinski definition) is 1. The van der Waals surface area contributed by atoms with Crippen LogP contribution >= 0.6 is 23.2 Å². The number of aliphatic hydroxyl groups is 1. The van der Waals surface area contributed by atoms with E-state index in [9.17, 15) is 5.11 Å². The minimum atomic E-state index is -0.543. The number of aromatic nitrogens is 1. The first-order valence-corrected chi connectivity index (χ1v) is 6.62. The van der Waals surface area contributed by atoms with Gasteiger partial charge in [0.15, 0.2) is 0 Å². The molecule has 0 saturated carbocycles. The number of aliphatic hydroxyl groups excluding tert-OH is 1. The van der Waals surface area contributed by atoms with E-state index >= 15 is 0 Å². The van der Waals surface area contributed by atoms with Crippen molar-refractivity contribution in [3.63, 3.8) is 0 Å². The molecule has 0 bridgehead atoms. The van der Waals surface area contributed by atoms with Gasteiger partial charge in [0.25, 0.3) is 0 Å². The number of pyridine rings is 1. The van der Waals surface area contributed by atoms with Crippen LogP contribution in [0.4, 0.5) is 0 Å². The van der Waals surface area contributed by atoms with E-state index in [2.05, 4.69) is 4.98 Å². The topological polar surface area (TPSA) is 42.4 Å². The van der Waals surface area contributed by atoms with E-state index in [4.69, 9.17) is 27.9 Å². The summed E-state index contributed by atoms with van der Waals surface area (Å²) in [5.41, 5.74) is 0.629. The van der Waals surface area contributed by atoms with Gasteiger partial charge in [0.1, 0.15) is 11.5 Å². The maximum absolute atomic E-state index is 9.64. The van der Waals surface area contributed by atoms with Gasteiger partial charge in [0, 0.05) is 6.07 Å². The lowest BCUT2D eigenvalue weighted by molar-refractivity contribution is 0.169. The van der Waals surface area contributed by atoms with Gasteiger partial charge < -0.3 is 9.84 Å². The number of rotatable bonds is 4. The van der Waals surface area contributed by atoms with E-state index in [1.54, 1.807) is 36.5 Å². The summed E-state index contributed by atoms with van der Waals surface area (Å²) in [6, 6.07) is 8.52. The summed E-state index contributed by atoms with van der Waals surface area (Å²) < 4.78 is 5.60. The highest BCUT2D eigenvalue weighted by molar-refractivity contribution is 6.42. The Hall–Kier alpha value is -1.29. The first-order valence-electron chi connectivity index (χ1n) is 5.87. The van der Waals surface area contributed by atoms with Crippen LogP contribution in [0, 0.1) is 0 Å². The quantitative estimate of drug-likeness (QED) is 0.895. The molecule has 0 unspecified atom stereocenters. The van der Waals surface area contributed by atoms with Crippen LogP contribution in [0.1, 0.15) is 25.1 Å². The van der Waals surface area contributed by atoms with Gasteiger partial charge in [-0.15, -0.1) is 0 Å². The number of benzene rings is 1. The fourth-order valence-electron chi connectivity index (χ4n) is 1.53. The summed E-state index contributed by atoms with van der Waals surface area (Å²) in [5.74, 6) is 1.16. The second-order valence-corrected chi connectivity index (χ2v) is 4.84. The molecule has 0 amide bonds. The van der Waals surface area contributed by atoms with Crippen LogP contribution < -0.4 is 4.74 Å². The molecule has 0 aliphatic rings. The van der Waals surface area contributed by atoms with Crippen LogP contribution in [0.2, 0.25) is 10.0 Å². The van der Waals surface area contributed by atoms with Gasteiger partial charge in [-0.2, -0.15) is 0 Å². The maximum atomic E-state index is 9.64. The lowest BCUT2D eigenvalue weighted by Gasteiger charge is -2.09. The third-order valence-electron chi connectivity index (χ3n) is 2.61. The summed E-state index contributed by atoms with van der Waals surface area (Å²) in [6.07, 6.45) is 1.65. The lowest BCUT2D eigenvalue weighted by atomic mass is 10.2. The van der Waals surface area contributed by atoms with Crippen LogP contribution in [0.3, 0.4) is 0 Å². The molecule has 5 heteroatoms. The monoisotopic (exact) mass is 297 g/mol. The Kier molecular flexibility index (Phi) is 4.64. The third-order valence-corrected chi connectivity index (χ3v) is 3.35. The summed E-state index contributed by atoms with van der Waals surface area (Å²) in [7, 11) is 0. The maximum Gasteiger partial charge on any atom is 0.145 e. The molecule has 1 aromatic heterocycles. The largest absolute Gasteiger partial charge is 0.456 e. The van der Waals surface area contributed by atoms with Crippen molar-refractivity contribution < 1.29 is 9.84 Å². The Bertz CT molecular complexity index is 558. The van der Waals surface area contributed by atoms with Crippen LogP contribution in [0.25, 0.3) is 0 Å². The summed E-state index contributed by atoms with van der Waals surface area (Å²) in [6.45, 7) is 1.90. The molecule has 3 nitrogen and oxygen atoms in total. The summed E-state index contributed by atoms with van der Waals surface area (Å²) in [5, 5.41) is 10.6. The molecule has 1 aromatic carbocycles. The molecular formula is C14H13Cl2NO2. The van der Waals surface area contributed by atoms with Gasteiger partial charge >= 0.3 is 0 Å². The summed E-state index contributed by atoms with van der Waals surface area (Å²) in [4.78, 5) is 4.15. The zero-order valence-corrected chi connectivity index (χ0v) is 11.8. The van der Waals surface area contributed by atoms with Gasteiger partial charge in [-0.05, 0) is 30.7 Å². The molecule has 2 rings (SSSR count). The highest BCUT2D eigenvalue weighted by atomic mass is 35.5. The van der Waals surface area contributed by atoms with Crippen LogP contribution in [-0.4, -0.2) is 10.1 Å². The average Bonchev–Trinajstić information content (AvgIpc) is 2.43. The minimum absolute atomic E-state index is 0.435. The SMILES string of the molecule is CC[C@@H](O)c1ccc(Oc2ccc(Cl)c(Cl)c2)cn1. The molecule has 0 saturated heterocycles. The van der Waals surface area contributed by atoms with Crippen molar-refractivity contribution in [2.45, 2.75) is 19.4 Å². The van der Waals surface area contributed by atoms with Gasteiger partial charge in [-0.25, -0.2) is 0 Å². The first-order chi connectivity index (χ1) is 9.10. The fourth-order valence-corrected chi connectivity index (χ4v) is 1.82.